The Kier molecular flexibility index (Phi) is 8.65. The molecule has 0 bridgehead atoms. The van der Waals surface area contributed by atoms with Gasteiger partial charge < -0.3 is 4.74 Å². The van der Waals surface area contributed by atoms with Gasteiger partial charge in [-0.15, -0.1) is 0 Å². The van der Waals surface area contributed by atoms with Crippen molar-refractivity contribution in [1.82, 2.24) is 9.66 Å². The van der Waals surface area contributed by atoms with Gasteiger partial charge >= 0.3 is 0 Å². The predicted octanol–water partition coefficient (Wildman–Crippen LogP) is 9.28. The van der Waals surface area contributed by atoms with Crippen LogP contribution in [0.15, 0.2) is 62.9 Å². The van der Waals surface area contributed by atoms with Gasteiger partial charge in [0.05, 0.1) is 27.2 Å². The van der Waals surface area contributed by atoms with Crippen molar-refractivity contribution < 1.29 is 4.74 Å². The molecule has 0 radical (unpaired) electrons. The van der Waals surface area contributed by atoms with Gasteiger partial charge in [0.25, 0.3) is 5.56 Å². The van der Waals surface area contributed by atoms with Crippen molar-refractivity contribution >= 4 is 79.5 Å². The second-order valence-electron chi connectivity index (χ2n) is 9.17. The van der Waals surface area contributed by atoms with Crippen molar-refractivity contribution in [2.45, 2.75) is 44.6 Å². The summed E-state index contributed by atoms with van der Waals surface area (Å²) in [6.07, 6.45) is 6.93. The summed E-state index contributed by atoms with van der Waals surface area (Å²) in [5, 5.41) is 6.72. The van der Waals surface area contributed by atoms with Crippen molar-refractivity contribution in [2.75, 3.05) is 0 Å². The fraction of sp³-hybridized carbons (Fsp3) is 0.250. The fourth-order valence-corrected chi connectivity index (χ4v) is 6.04. The van der Waals surface area contributed by atoms with Crippen molar-refractivity contribution in [3.05, 3.63) is 100 Å². The van der Waals surface area contributed by atoms with E-state index in [0.717, 1.165) is 35.7 Å². The Morgan fingerprint density at radius 2 is 1.71 bits per heavy atom. The summed E-state index contributed by atoms with van der Waals surface area (Å²) in [6, 6.07) is 14.1. The lowest BCUT2D eigenvalue weighted by atomic mass is 9.88. The van der Waals surface area contributed by atoms with Gasteiger partial charge in [0.2, 0.25) is 0 Å². The van der Waals surface area contributed by atoms with Crippen molar-refractivity contribution in [1.29, 1.82) is 0 Å². The first-order valence-corrected chi connectivity index (χ1v) is 14.4. The van der Waals surface area contributed by atoms with E-state index in [1.165, 1.54) is 11.1 Å². The number of fused-ring (bicyclic) bond motifs is 1. The second-order valence-corrected chi connectivity index (χ2v) is 11.7. The average Bonchev–Trinajstić information content (AvgIpc) is 2.89. The van der Waals surface area contributed by atoms with Crippen LogP contribution in [0.25, 0.3) is 10.9 Å². The summed E-state index contributed by atoms with van der Waals surface area (Å²) in [7, 11) is 0. The number of halogens is 5. The van der Waals surface area contributed by atoms with Crippen LogP contribution >= 0.6 is 62.3 Å². The molecule has 5 nitrogen and oxygen atoms in total. The maximum atomic E-state index is 13.5. The minimum absolute atomic E-state index is 0.168. The Balaban J connectivity index is 1.47. The van der Waals surface area contributed by atoms with E-state index in [-0.39, 0.29) is 18.1 Å². The molecule has 1 fully saturated rings. The van der Waals surface area contributed by atoms with E-state index in [0.29, 0.717) is 48.1 Å². The lowest BCUT2D eigenvalue weighted by Crippen LogP contribution is -2.25. The average molecular weight is 654 g/mol. The summed E-state index contributed by atoms with van der Waals surface area (Å²) < 4.78 is 8.08. The van der Waals surface area contributed by atoms with Gasteiger partial charge in [0.1, 0.15) is 12.4 Å². The number of aromatic nitrogens is 2. The molecule has 10 heteroatoms. The number of hydrogen-bond acceptors (Lipinski definition) is 4. The van der Waals surface area contributed by atoms with Gasteiger partial charge in [-0.2, -0.15) is 9.78 Å². The molecule has 1 heterocycles. The molecule has 0 amide bonds. The minimum atomic E-state index is -0.217. The van der Waals surface area contributed by atoms with Gasteiger partial charge in [-0.3, -0.25) is 4.79 Å². The Bertz CT molecular complexity index is 1580. The third-order valence-corrected chi connectivity index (χ3v) is 8.18. The van der Waals surface area contributed by atoms with E-state index in [1.807, 2.05) is 12.1 Å². The predicted molar refractivity (Wildman–Crippen MR) is 160 cm³/mol. The van der Waals surface area contributed by atoms with E-state index in [1.54, 1.807) is 42.6 Å². The van der Waals surface area contributed by atoms with Gasteiger partial charge in [0.15, 0.2) is 5.75 Å². The van der Waals surface area contributed by atoms with Gasteiger partial charge in [-0.1, -0.05) is 87.7 Å². The molecule has 0 N–H and O–H groups in total. The third kappa shape index (κ3) is 6.05. The van der Waals surface area contributed by atoms with Crippen LogP contribution in [-0.2, 0) is 6.61 Å². The van der Waals surface area contributed by atoms with Gasteiger partial charge in [-0.25, -0.2) is 4.98 Å². The quantitative estimate of drug-likeness (QED) is 0.195. The second kappa shape index (κ2) is 12.0. The highest BCUT2D eigenvalue weighted by molar-refractivity contribution is 9.10. The number of ether oxygens (including phenoxy) is 1. The number of nitrogens with zero attached hydrogens (tertiary/aromatic N) is 3. The Morgan fingerprint density at radius 3 is 2.42 bits per heavy atom. The molecule has 1 aromatic heterocycles. The van der Waals surface area contributed by atoms with Crippen LogP contribution in [0.3, 0.4) is 0 Å². The smallest absolute Gasteiger partial charge is 0.282 e. The summed E-state index contributed by atoms with van der Waals surface area (Å²) in [4.78, 5) is 18.4. The SMILES string of the molecule is O=c1c2cc(Br)ccc2nc(C2CCCCC2)n1N=Cc1cc(Cl)c(OCc2ccc(Cl)cc2Cl)c(Cl)c1. The van der Waals surface area contributed by atoms with Crippen LogP contribution in [0.1, 0.15) is 55.0 Å². The van der Waals surface area contributed by atoms with Crippen LogP contribution in [0.5, 0.6) is 5.75 Å². The van der Waals surface area contributed by atoms with E-state index in [2.05, 4.69) is 21.0 Å². The molecule has 0 saturated heterocycles. The highest BCUT2D eigenvalue weighted by Gasteiger charge is 2.22. The van der Waals surface area contributed by atoms with E-state index < -0.39 is 0 Å². The minimum Gasteiger partial charge on any atom is -0.486 e. The molecule has 4 aromatic rings. The van der Waals surface area contributed by atoms with Crippen molar-refractivity contribution in [2.24, 2.45) is 5.10 Å². The van der Waals surface area contributed by atoms with Gasteiger partial charge in [0, 0.05) is 26.0 Å². The van der Waals surface area contributed by atoms with Crippen LogP contribution in [0.4, 0.5) is 0 Å². The maximum absolute atomic E-state index is 13.5. The third-order valence-electron chi connectivity index (χ3n) is 6.53. The summed E-state index contributed by atoms with van der Waals surface area (Å²) in [5.41, 5.74) is 1.82. The molecule has 0 aliphatic heterocycles. The topological polar surface area (TPSA) is 56.5 Å². The van der Waals surface area contributed by atoms with Crippen molar-refractivity contribution in [3.63, 3.8) is 0 Å². The molecule has 1 saturated carbocycles. The lowest BCUT2D eigenvalue weighted by Gasteiger charge is -2.22. The molecule has 0 unspecified atom stereocenters. The first-order chi connectivity index (χ1) is 18.3. The molecule has 0 spiro atoms. The van der Waals surface area contributed by atoms with E-state index in [9.17, 15) is 4.79 Å². The molecular formula is C28H22BrCl4N3O2. The van der Waals surface area contributed by atoms with Gasteiger partial charge in [-0.05, 0) is 60.9 Å². The fourth-order valence-electron chi connectivity index (χ4n) is 4.61. The normalized spacial score (nSPS) is 14.4. The van der Waals surface area contributed by atoms with Crippen LogP contribution in [-0.4, -0.2) is 15.9 Å². The number of hydrogen-bond donors (Lipinski definition) is 0. The maximum Gasteiger partial charge on any atom is 0.282 e. The molecule has 1 aliphatic carbocycles. The summed E-state index contributed by atoms with van der Waals surface area (Å²) in [5.74, 6) is 1.18. The highest BCUT2D eigenvalue weighted by atomic mass is 79.9. The van der Waals surface area contributed by atoms with E-state index in [4.69, 9.17) is 56.1 Å². The summed E-state index contributed by atoms with van der Waals surface area (Å²) >= 11 is 28.7. The van der Waals surface area contributed by atoms with Crippen LogP contribution < -0.4 is 10.3 Å². The zero-order chi connectivity index (χ0) is 26.8. The molecule has 5 rings (SSSR count). The molecule has 1 aliphatic rings. The largest absolute Gasteiger partial charge is 0.486 e. The van der Waals surface area contributed by atoms with Crippen LogP contribution in [0.2, 0.25) is 20.1 Å². The first kappa shape index (κ1) is 27.5. The Hall–Kier alpha value is -2.09. The van der Waals surface area contributed by atoms with Crippen LogP contribution in [0, 0.1) is 0 Å². The van der Waals surface area contributed by atoms with Crippen molar-refractivity contribution in [3.8, 4) is 5.75 Å². The Morgan fingerprint density at radius 1 is 0.974 bits per heavy atom. The summed E-state index contributed by atoms with van der Waals surface area (Å²) in [6.45, 7) is 0.168. The molecule has 196 valence electrons. The zero-order valence-electron chi connectivity index (χ0n) is 20.1. The first-order valence-electron chi connectivity index (χ1n) is 12.1. The highest BCUT2D eigenvalue weighted by Crippen LogP contribution is 2.36. The Labute approximate surface area is 248 Å². The zero-order valence-corrected chi connectivity index (χ0v) is 24.7. The lowest BCUT2D eigenvalue weighted by molar-refractivity contribution is 0.306. The number of rotatable bonds is 6. The monoisotopic (exact) mass is 651 g/mol. The molecular weight excluding hydrogens is 632 g/mol. The molecule has 3 aromatic carbocycles. The number of benzene rings is 3. The molecule has 0 atom stereocenters. The van der Waals surface area contributed by atoms with E-state index >= 15 is 0 Å². The molecule has 38 heavy (non-hydrogen) atoms. The standard InChI is InChI=1S/C28H22BrCl4N3O2/c29-19-7-9-25-21(12-19)28(37)36(27(35-25)17-4-2-1-3-5-17)34-14-16-10-23(32)26(24(33)11-16)38-15-18-6-8-20(30)13-22(18)31/h6-14,17H,1-5,15H2.